The van der Waals surface area contributed by atoms with Crippen molar-refractivity contribution in [3.8, 4) is 10.6 Å². The van der Waals surface area contributed by atoms with Crippen molar-refractivity contribution in [1.82, 2.24) is 4.98 Å². The molecule has 0 bridgehead atoms. The van der Waals surface area contributed by atoms with Crippen LogP contribution in [0, 0.1) is 6.92 Å². The highest BCUT2D eigenvalue weighted by Gasteiger charge is 2.25. The Bertz CT molecular complexity index is 1230. The van der Waals surface area contributed by atoms with Crippen LogP contribution in [0.3, 0.4) is 0 Å². The summed E-state index contributed by atoms with van der Waals surface area (Å²) >= 11 is 8.73. The minimum Gasteiger partial charge on any atom is -0.462 e. The lowest BCUT2D eigenvalue weighted by Gasteiger charge is -2.06. The van der Waals surface area contributed by atoms with Crippen molar-refractivity contribution in [3.63, 3.8) is 0 Å². The van der Waals surface area contributed by atoms with Crippen LogP contribution in [0.5, 0.6) is 0 Å². The number of carbonyl (C=O) groups is 2. The highest BCUT2D eigenvalue weighted by molar-refractivity contribution is 7.23. The van der Waals surface area contributed by atoms with Crippen LogP contribution in [-0.4, -0.2) is 23.5 Å². The van der Waals surface area contributed by atoms with E-state index in [9.17, 15) is 9.59 Å². The second-order valence-electron chi connectivity index (χ2n) is 6.43. The topological polar surface area (TPSA) is 68.3 Å². The number of nitrogens with one attached hydrogen (secondary N) is 1. The predicted molar refractivity (Wildman–Crippen MR) is 123 cm³/mol. The van der Waals surface area contributed by atoms with E-state index < -0.39 is 5.97 Å². The van der Waals surface area contributed by atoms with E-state index in [1.165, 1.54) is 22.7 Å². The summed E-state index contributed by atoms with van der Waals surface area (Å²) in [5, 5.41) is 4.70. The number of thiophene rings is 1. The molecule has 2 heterocycles. The Balaban J connectivity index is 1.80. The number of ether oxygens (including phenoxy) is 1. The van der Waals surface area contributed by atoms with E-state index in [0.29, 0.717) is 20.5 Å². The third-order valence-corrected chi connectivity index (χ3v) is 6.91. The summed E-state index contributed by atoms with van der Waals surface area (Å²) < 4.78 is 6.23. The molecule has 0 fully saturated rings. The van der Waals surface area contributed by atoms with Gasteiger partial charge in [0.05, 0.1) is 16.8 Å². The van der Waals surface area contributed by atoms with Gasteiger partial charge in [-0.1, -0.05) is 29.8 Å². The number of aromatic nitrogens is 1. The zero-order valence-corrected chi connectivity index (χ0v) is 18.6. The number of hydrogen-bond acceptors (Lipinski definition) is 6. The van der Waals surface area contributed by atoms with Gasteiger partial charge in [0.1, 0.15) is 14.9 Å². The van der Waals surface area contributed by atoms with Gasteiger partial charge in [-0.15, -0.1) is 22.7 Å². The fourth-order valence-corrected chi connectivity index (χ4v) is 5.46. The summed E-state index contributed by atoms with van der Waals surface area (Å²) in [6.07, 6.45) is 0. The van der Waals surface area contributed by atoms with Gasteiger partial charge >= 0.3 is 5.97 Å². The van der Waals surface area contributed by atoms with Crippen LogP contribution in [0.15, 0.2) is 48.5 Å². The molecule has 2 aromatic carbocycles. The van der Waals surface area contributed by atoms with Crippen molar-refractivity contribution in [3.05, 3.63) is 69.6 Å². The molecule has 4 rings (SSSR count). The number of nitrogens with zero attached hydrogens (tertiary/aromatic N) is 1. The molecule has 1 amide bonds. The van der Waals surface area contributed by atoms with Crippen LogP contribution in [0.25, 0.3) is 20.8 Å². The number of halogens is 1. The molecule has 8 heteroatoms. The number of amides is 1. The Kier molecular flexibility index (Phi) is 5.85. The van der Waals surface area contributed by atoms with Crippen LogP contribution in [0.4, 0.5) is 5.00 Å². The number of rotatable bonds is 5. The van der Waals surface area contributed by atoms with Gasteiger partial charge in [0.15, 0.2) is 0 Å². The fourth-order valence-electron chi connectivity index (χ4n) is 3.03. The van der Waals surface area contributed by atoms with E-state index in [2.05, 4.69) is 5.32 Å². The molecule has 1 N–H and O–H groups in total. The van der Waals surface area contributed by atoms with Crippen LogP contribution >= 0.6 is 34.3 Å². The van der Waals surface area contributed by atoms with Crippen LogP contribution in [0.1, 0.15) is 32.5 Å². The van der Waals surface area contributed by atoms with Crippen molar-refractivity contribution in [1.29, 1.82) is 0 Å². The normalized spacial score (nSPS) is 10.9. The second kappa shape index (κ2) is 8.55. The highest BCUT2D eigenvalue weighted by Crippen LogP contribution is 2.43. The van der Waals surface area contributed by atoms with E-state index in [1.807, 2.05) is 31.2 Å². The maximum absolute atomic E-state index is 12.8. The fraction of sp³-hybridized carbons (Fsp3) is 0.136. The molecule has 0 unspecified atom stereocenters. The summed E-state index contributed by atoms with van der Waals surface area (Å²) in [6.45, 7) is 3.88. The van der Waals surface area contributed by atoms with Crippen molar-refractivity contribution in [2.75, 3.05) is 11.9 Å². The Morgan fingerprint density at radius 3 is 2.67 bits per heavy atom. The molecule has 152 valence electrons. The molecule has 0 spiro atoms. The zero-order chi connectivity index (χ0) is 21.3. The first-order valence-electron chi connectivity index (χ1n) is 9.21. The first kappa shape index (κ1) is 20.5. The van der Waals surface area contributed by atoms with Gasteiger partial charge in [-0.3, -0.25) is 4.79 Å². The molecule has 0 saturated heterocycles. The molecule has 0 aliphatic rings. The van der Waals surface area contributed by atoms with E-state index in [-0.39, 0.29) is 12.5 Å². The van der Waals surface area contributed by atoms with Gasteiger partial charge < -0.3 is 10.1 Å². The van der Waals surface area contributed by atoms with Crippen molar-refractivity contribution >= 4 is 61.4 Å². The molecule has 0 atom stereocenters. The number of esters is 1. The van der Waals surface area contributed by atoms with Gasteiger partial charge in [0, 0.05) is 16.1 Å². The lowest BCUT2D eigenvalue weighted by Crippen LogP contribution is -2.11. The highest BCUT2D eigenvalue weighted by atomic mass is 35.5. The van der Waals surface area contributed by atoms with Gasteiger partial charge in [-0.25, -0.2) is 9.78 Å². The SMILES string of the molecule is CCOC(=O)c1sc(NC(=O)c2cccc(Cl)c2)c(-c2nc3ccccc3s2)c1C. The Morgan fingerprint density at radius 1 is 1.13 bits per heavy atom. The summed E-state index contributed by atoms with van der Waals surface area (Å²) in [7, 11) is 0. The number of para-hydroxylation sites is 1. The average Bonchev–Trinajstić information content (AvgIpc) is 3.28. The molecular formula is C22H17ClN2O3S2. The number of thiazole rings is 1. The van der Waals surface area contributed by atoms with Crippen molar-refractivity contribution in [2.24, 2.45) is 0 Å². The predicted octanol–water partition coefficient (Wildman–Crippen LogP) is 6.42. The molecule has 0 aliphatic heterocycles. The number of hydrogen-bond donors (Lipinski definition) is 1. The van der Waals surface area contributed by atoms with E-state index in [0.717, 1.165) is 26.4 Å². The van der Waals surface area contributed by atoms with Gasteiger partial charge in [-0.05, 0) is 49.7 Å². The molecule has 30 heavy (non-hydrogen) atoms. The smallest absolute Gasteiger partial charge is 0.348 e. The second-order valence-corrected chi connectivity index (χ2v) is 8.92. The standard InChI is InChI=1S/C22H17ClN2O3S2/c1-3-28-22(27)18-12(2)17(20-24-15-9-4-5-10-16(15)29-20)21(30-18)25-19(26)13-7-6-8-14(23)11-13/h4-11H,3H2,1-2H3,(H,25,26). The summed E-state index contributed by atoms with van der Waals surface area (Å²) in [4.78, 5) is 30.5. The number of benzene rings is 2. The van der Waals surface area contributed by atoms with Crippen molar-refractivity contribution in [2.45, 2.75) is 13.8 Å². The minimum absolute atomic E-state index is 0.275. The van der Waals surface area contributed by atoms with Crippen LogP contribution < -0.4 is 5.32 Å². The van der Waals surface area contributed by atoms with Gasteiger partial charge in [0.2, 0.25) is 0 Å². The molecule has 0 saturated carbocycles. The van der Waals surface area contributed by atoms with Gasteiger partial charge in [-0.2, -0.15) is 0 Å². The van der Waals surface area contributed by atoms with Crippen molar-refractivity contribution < 1.29 is 14.3 Å². The Labute approximate surface area is 186 Å². The Morgan fingerprint density at radius 2 is 1.93 bits per heavy atom. The Hall–Kier alpha value is -2.74. The summed E-state index contributed by atoms with van der Waals surface area (Å²) in [5.74, 6) is -0.720. The molecule has 0 radical (unpaired) electrons. The minimum atomic E-state index is -0.411. The van der Waals surface area contributed by atoms with E-state index in [1.54, 1.807) is 31.2 Å². The van der Waals surface area contributed by atoms with E-state index >= 15 is 0 Å². The summed E-state index contributed by atoms with van der Waals surface area (Å²) in [5.41, 5.74) is 2.77. The quantitative estimate of drug-likeness (QED) is 0.352. The monoisotopic (exact) mass is 456 g/mol. The molecule has 5 nitrogen and oxygen atoms in total. The maximum Gasteiger partial charge on any atom is 0.348 e. The maximum atomic E-state index is 12.8. The van der Waals surface area contributed by atoms with Crippen LogP contribution in [0.2, 0.25) is 5.02 Å². The summed E-state index contributed by atoms with van der Waals surface area (Å²) in [6, 6.07) is 14.5. The van der Waals surface area contributed by atoms with Crippen LogP contribution in [-0.2, 0) is 4.74 Å². The molecular weight excluding hydrogens is 440 g/mol. The number of fused-ring (bicyclic) bond motifs is 1. The zero-order valence-electron chi connectivity index (χ0n) is 16.2. The first-order chi connectivity index (χ1) is 14.5. The largest absolute Gasteiger partial charge is 0.462 e. The number of carbonyl (C=O) groups excluding carboxylic acids is 2. The van der Waals surface area contributed by atoms with Gasteiger partial charge in [0.25, 0.3) is 5.91 Å². The lowest BCUT2D eigenvalue weighted by atomic mass is 10.1. The lowest BCUT2D eigenvalue weighted by molar-refractivity contribution is 0.0531. The third-order valence-electron chi connectivity index (χ3n) is 4.43. The average molecular weight is 457 g/mol. The molecule has 2 aromatic heterocycles. The first-order valence-corrected chi connectivity index (χ1v) is 11.2. The molecule has 0 aliphatic carbocycles. The number of anilines is 1. The van der Waals surface area contributed by atoms with E-state index in [4.69, 9.17) is 21.3 Å². The third kappa shape index (κ3) is 3.96. The molecule has 4 aromatic rings.